The van der Waals surface area contributed by atoms with Crippen LogP contribution < -0.4 is 9.62 Å². The number of carbonyl (C=O) groups is 2. The summed E-state index contributed by atoms with van der Waals surface area (Å²) in [7, 11) is -4.16. The van der Waals surface area contributed by atoms with Gasteiger partial charge in [-0.25, -0.2) is 8.42 Å². The van der Waals surface area contributed by atoms with Gasteiger partial charge in [-0.3, -0.25) is 13.9 Å². The van der Waals surface area contributed by atoms with E-state index in [1.807, 2.05) is 70.2 Å². The number of rotatable bonds is 12. The van der Waals surface area contributed by atoms with Crippen LogP contribution in [0.15, 0.2) is 108 Å². The van der Waals surface area contributed by atoms with E-state index >= 15 is 0 Å². The van der Waals surface area contributed by atoms with Crippen molar-refractivity contribution in [1.82, 2.24) is 10.2 Å². The molecule has 9 heteroatoms. The Labute approximate surface area is 265 Å². The summed E-state index contributed by atoms with van der Waals surface area (Å²) in [6.07, 6.45) is 0.244. The first-order chi connectivity index (χ1) is 21.0. The number of halogens is 1. The molecule has 0 aliphatic heterocycles. The van der Waals surface area contributed by atoms with Crippen molar-refractivity contribution in [3.8, 4) is 0 Å². The van der Waals surface area contributed by atoms with E-state index in [9.17, 15) is 18.0 Å². The molecule has 4 rings (SSSR count). The Morgan fingerprint density at radius 1 is 0.818 bits per heavy atom. The molecule has 0 saturated carbocycles. The first-order valence-electron chi connectivity index (χ1n) is 14.5. The SMILES string of the molecule is Cc1ccc(C)c(N(CC(=O)N(Cc2ccc(Cl)cc2)[C@H](Cc2ccccc2)C(=O)NC(C)C)S(=O)(=O)c2ccccc2)c1. The summed E-state index contributed by atoms with van der Waals surface area (Å²) in [6.45, 7) is 6.97. The summed E-state index contributed by atoms with van der Waals surface area (Å²) in [6, 6.07) is 29.0. The fraction of sp³-hybridized carbons (Fsp3) is 0.257. The van der Waals surface area contributed by atoms with Crippen LogP contribution >= 0.6 is 11.6 Å². The lowest BCUT2D eigenvalue weighted by molar-refractivity contribution is -0.140. The molecule has 4 aromatic rings. The molecule has 7 nitrogen and oxygen atoms in total. The number of nitrogens with one attached hydrogen (secondary N) is 1. The first-order valence-corrected chi connectivity index (χ1v) is 16.3. The van der Waals surface area contributed by atoms with E-state index in [-0.39, 0.29) is 29.8 Å². The zero-order chi connectivity index (χ0) is 31.9. The monoisotopic (exact) mass is 631 g/mol. The van der Waals surface area contributed by atoms with E-state index < -0.39 is 28.5 Å². The highest BCUT2D eigenvalue weighted by atomic mass is 35.5. The summed E-state index contributed by atoms with van der Waals surface area (Å²) in [5.74, 6) is -0.837. The molecule has 0 unspecified atom stereocenters. The van der Waals surface area contributed by atoms with Crippen LogP contribution in [0.5, 0.6) is 0 Å². The molecule has 0 fully saturated rings. The summed E-state index contributed by atoms with van der Waals surface area (Å²) >= 11 is 6.14. The van der Waals surface area contributed by atoms with Crippen molar-refractivity contribution in [2.45, 2.75) is 57.6 Å². The summed E-state index contributed by atoms with van der Waals surface area (Å²) < 4.78 is 29.5. The Bertz CT molecular complexity index is 1680. The van der Waals surface area contributed by atoms with Gasteiger partial charge in [-0.15, -0.1) is 0 Å². The molecule has 44 heavy (non-hydrogen) atoms. The van der Waals surface area contributed by atoms with Crippen molar-refractivity contribution < 1.29 is 18.0 Å². The number of sulfonamides is 1. The first kappa shape index (κ1) is 32.8. The standard InChI is InChI=1S/C35H38ClN3O4S/c1-25(2)37-35(41)33(22-28-11-7-5-8-12-28)38(23-29-17-19-30(36)20-18-29)34(40)24-39(32-21-26(3)15-16-27(32)4)44(42,43)31-13-9-6-10-14-31/h5-21,25,33H,22-24H2,1-4H3,(H,37,41)/t33-/m1/s1. The molecule has 1 N–H and O–H groups in total. The summed E-state index contributed by atoms with van der Waals surface area (Å²) in [4.78, 5) is 29.8. The Balaban J connectivity index is 1.82. The minimum atomic E-state index is -4.16. The van der Waals surface area contributed by atoms with Gasteiger partial charge in [-0.1, -0.05) is 84.4 Å². The number of anilines is 1. The number of benzene rings is 4. The molecule has 4 aromatic carbocycles. The molecule has 0 spiro atoms. The van der Waals surface area contributed by atoms with Crippen molar-refractivity contribution in [2.24, 2.45) is 0 Å². The van der Waals surface area contributed by atoms with Crippen molar-refractivity contribution in [3.05, 3.63) is 130 Å². The fourth-order valence-corrected chi connectivity index (χ4v) is 6.56. The van der Waals surface area contributed by atoms with Crippen molar-refractivity contribution >= 4 is 39.1 Å². The van der Waals surface area contributed by atoms with Gasteiger partial charge in [0, 0.05) is 24.0 Å². The number of amides is 2. The van der Waals surface area contributed by atoms with Crippen molar-refractivity contribution in [3.63, 3.8) is 0 Å². The molecule has 0 aliphatic carbocycles. The van der Waals surface area contributed by atoms with Gasteiger partial charge in [0.2, 0.25) is 11.8 Å². The predicted octanol–water partition coefficient (Wildman–Crippen LogP) is 6.32. The van der Waals surface area contributed by atoms with Gasteiger partial charge >= 0.3 is 0 Å². The molecule has 2 amide bonds. The maximum atomic E-state index is 14.5. The van der Waals surface area contributed by atoms with E-state index in [0.29, 0.717) is 16.3 Å². The van der Waals surface area contributed by atoms with Gasteiger partial charge in [0.1, 0.15) is 12.6 Å². The third-order valence-corrected chi connectivity index (χ3v) is 9.24. The third kappa shape index (κ3) is 8.27. The van der Waals surface area contributed by atoms with Gasteiger partial charge in [-0.05, 0) is 80.3 Å². The third-order valence-electron chi connectivity index (χ3n) is 7.21. The molecular weight excluding hydrogens is 594 g/mol. The summed E-state index contributed by atoms with van der Waals surface area (Å²) in [5.41, 5.74) is 3.57. The number of nitrogens with zero attached hydrogens (tertiary/aromatic N) is 2. The van der Waals surface area contributed by atoms with Crippen LogP contribution in [0.1, 0.15) is 36.1 Å². The van der Waals surface area contributed by atoms with Crippen LogP contribution in [0.25, 0.3) is 0 Å². The summed E-state index contributed by atoms with van der Waals surface area (Å²) in [5, 5.41) is 3.51. The number of hydrogen-bond donors (Lipinski definition) is 1. The van der Waals surface area contributed by atoms with Crippen LogP contribution in [-0.4, -0.2) is 43.8 Å². The second kappa shape index (κ2) is 14.6. The van der Waals surface area contributed by atoms with Crippen LogP contribution in [-0.2, 0) is 32.6 Å². The average Bonchev–Trinajstić information content (AvgIpc) is 3.00. The van der Waals surface area contributed by atoms with Gasteiger partial charge in [0.05, 0.1) is 10.6 Å². The Morgan fingerprint density at radius 2 is 1.43 bits per heavy atom. The molecule has 0 radical (unpaired) electrons. The molecule has 0 aliphatic rings. The number of aryl methyl sites for hydroxylation is 2. The van der Waals surface area contributed by atoms with E-state index in [1.54, 1.807) is 48.5 Å². The number of hydrogen-bond acceptors (Lipinski definition) is 4. The molecule has 230 valence electrons. The second-order valence-corrected chi connectivity index (χ2v) is 13.4. The minimum absolute atomic E-state index is 0.0661. The fourth-order valence-electron chi connectivity index (χ4n) is 4.94. The van der Waals surface area contributed by atoms with E-state index in [4.69, 9.17) is 11.6 Å². The highest BCUT2D eigenvalue weighted by Gasteiger charge is 2.35. The van der Waals surface area contributed by atoms with Gasteiger partial charge in [0.25, 0.3) is 10.0 Å². The van der Waals surface area contributed by atoms with Crippen LogP contribution in [0.4, 0.5) is 5.69 Å². The lowest BCUT2D eigenvalue weighted by Gasteiger charge is -2.34. The van der Waals surface area contributed by atoms with Crippen LogP contribution in [0.2, 0.25) is 5.02 Å². The molecule has 0 bridgehead atoms. The second-order valence-electron chi connectivity index (χ2n) is 11.1. The largest absolute Gasteiger partial charge is 0.352 e. The van der Waals surface area contributed by atoms with E-state index in [2.05, 4.69) is 5.32 Å². The maximum Gasteiger partial charge on any atom is 0.264 e. The Kier molecular flexibility index (Phi) is 10.8. The topological polar surface area (TPSA) is 86.8 Å². The Morgan fingerprint density at radius 3 is 2.05 bits per heavy atom. The molecular formula is C35H38ClN3O4S. The molecule has 0 saturated heterocycles. The molecule has 0 heterocycles. The number of carbonyl (C=O) groups excluding carboxylic acids is 2. The smallest absolute Gasteiger partial charge is 0.264 e. The van der Waals surface area contributed by atoms with E-state index in [0.717, 1.165) is 21.0 Å². The Hall–Kier alpha value is -4.14. The highest BCUT2D eigenvalue weighted by molar-refractivity contribution is 7.92. The van der Waals surface area contributed by atoms with Crippen LogP contribution in [0, 0.1) is 13.8 Å². The van der Waals surface area contributed by atoms with Gasteiger partial charge in [-0.2, -0.15) is 0 Å². The van der Waals surface area contributed by atoms with Gasteiger partial charge < -0.3 is 10.2 Å². The maximum absolute atomic E-state index is 14.5. The van der Waals surface area contributed by atoms with Crippen molar-refractivity contribution in [1.29, 1.82) is 0 Å². The molecule has 0 aromatic heterocycles. The highest BCUT2D eigenvalue weighted by Crippen LogP contribution is 2.29. The van der Waals surface area contributed by atoms with Crippen molar-refractivity contribution in [2.75, 3.05) is 10.8 Å². The normalized spacial score (nSPS) is 12.0. The average molecular weight is 632 g/mol. The lowest BCUT2D eigenvalue weighted by atomic mass is 10.0. The zero-order valence-corrected chi connectivity index (χ0v) is 27.0. The minimum Gasteiger partial charge on any atom is -0.352 e. The van der Waals surface area contributed by atoms with Crippen LogP contribution in [0.3, 0.4) is 0 Å². The van der Waals surface area contributed by atoms with Gasteiger partial charge in [0.15, 0.2) is 0 Å². The van der Waals surface area contributed by atoms with E-state index in [1.165, 1.54) is 17.0 Å². The lowest BCUT2D eigenvalue weighted by Crippen LogP contribution is -2.54. The quantitative estimate of drug-likeness (QED) is 0.198. The molecule has 1 atom stereocenters. The zero-order valence-electron chi connectivity index (χ0n) is 25.4. The predicted molar refractivity (Wildman–Crippen MR) is 176 cm³/mol.